The zero-order valence-electron chi connectivity index (χ0n) is 19.4. The molecule has 4 heterocycles. The molecule has 5 aromatic rings. The number of aromatic nitrogens is 6. The molecule has 10 heteroatoms. The number of esters is 1. The summed E-state index contributed by atoms with van der Waals surface area (Å²) < 4.78 is 8.74. The van der Waals surface area contributed by atoms with Crippen LogP contribution in [0.15, 0.2) is 64.5 Å². The number of carbonyl (C=O) groups is 1. The van der Waals surface area contributed by atoms with E-state index >= 15 is 0 Å². The van der Waals surface area contributed by atoms with Gasteiger partial charge in [-0.2, -0.15) is 4.98 Å². The molecule has 4 aromatic heterocycles. The summed E-state index contributed by atoms with van der Waals surface area (Å²) in [5.74, 6) is 0.546. The molecule has 0 aliphatic carbocycles. The summed E-state index contributed by atoms with van der Waals surface area (Å²) in [6.45, 7) is 5.61. The fourth-order valence-corrected chi connectivity index (χ4v) is 4.67. The highest BCUT2D eigenvalue weighted by molar-refractivity contribution is 7.98. The Hall–Kier alpha value is -4.05. The molecule has 0 radical (unpaired) electrons. The van der Waals surface area contributed by atoms with Gasteiger partial charge in [-0.05, 0) is 50.6 Å². The maximum atomic E-state index is 12.9. The van der Waals surface area contributed by atoms with Gasteiger partial charge < -0.3 is 4.74 Å². The average Bonchev–Trinajstić information content (AvgIpc) is 3.24. The van der Waals surface area contributed by atoms with E-state index in [1.54, 1.807) is 22.7 Å². The Balaban J connectivity index is 1.31. The lowest BCUT2D eigenvalue weighted by Gasteiger charge is -2.10. The molecular formula is C25H22N6O3S. The van der Waals surface area contributed by atoms with Crippen molar-refractivity contribution in [2.24, 2.45) is 0 Å². The summed E-state index contributed by atoms with van der Waals surface area (Å²) in [5.41, 5.74) is 4.56. The van der Waals surface area contributed by atoms with E-state index < -0.39 is 5.97 Å². The van der Waals surface area contributed by atoms with Gasteiger partial charge in [-0.15, -0.1) is 5.10 Å². The Labute approximate surface area is 204 Å². The first-order valence-corrected chi connectivity index (χ1v) is 11.9. The van der Waals surface area contributed by atoms with Crippen molar-refractivity contribution in [2.45, 2.75) is 38.3 Å². The summed E-state index contributed by atoms with van der Waals surface area (Å²) in [6.07, 6.45) is 0. The van der Waals surface area contributed by atoms with Crippen molar-refractivity contribution >= 4 is 29.2 Å². The minimum absolute atomic E-state index is 0.0989. The molecule has 176 valence electrons. The second kappa shape index (κ2) is 9.30. The molecule has 1 aromatic carbocycles. The molecule has 0 unspecified atom stereocenters. The highest BCUT2D eigenvalue weighted by atomic mass is 32.2. The first-order chi connectivity index (χ1) is 16.9. The van der Waals surface area contributed by atoms with Crippen LogP contribution in [0, 0.1) is 20.8 Å². The van der Waals surface area contributed by atoms with Gasteiger partial charge in [0.2, 0.25) is 5.16 Å². The molecule has 0 amide bonds. The van der Waals surface area contributed by atoms with Gasteiger partial charge in [-0.25, -0.2) is 19.3 Å². The standard InChI is InChI=1S/C25H22N6O3S/c1-15-11-17(3)31-24(26-15)28-25(29-31)35-14-18-8-4-5-9-20(18)23(33)34-13-19-12-22(32)30-16(2)7-6-10-21(30)27-19/h4-12H,13-14H2,1-3H3. The predicted molar refractivity (Wildman–Crippen MR) is 132 cm³/mol. The lowest BCUT2D eigenvalue weighted by atomic mass is 10.1. The number of ether oxygens (including phenoxy) is 1. The number of thioether (sulfide) groups is 1. The van der Waals surface area contributed by atoms with Crippen molar-refractivity contribution < 1.29 is 9.53 Å². The molecule has 0 saturated carbocycles. The van der Waals surface area contributed by atoms with E-state index in [0.29, 0.717) is 33.6 Å². The first-order valence-electron chi connectivity index (χ1n) is 11.0. The summed E-state index contributed by atoms with van der Waals surface area (Å²) >= 11 is 1.42. The summed E-state index contributed by atoms with van der Waals surface area (Å²) in [6, 6.07) is 16.0. The molecule has 0 spiro atoms. The first kappa shape index (κ1) is 22.7. The molecule has 0 N–H and O–H groups in total. The van der Waals surface area contributed by atoms with E-state index in [0.717, 1.165) is 22.6 Å². The Kier molecular flexibility index (Phi) is 6.04. The van der Waals surface area contributed by atoms with Crippen molar-refractivity contribution in [1.82, 2.24) is 29.0 Å². The van der Waals surface area contributed by atoms with Crippen LogP contribution in [-0.2, 0) is 17.1 Å². The van der Waals surface area contributed by atoms with Gasteiger partial charge in [-0.3, -0.25) is 9.20 Å². The maximum absolute atomic E-state index is 12.9. The maximum Gasteiger partial charge on any atom is 0.338 e. The predicted octanol–water partition coefficient (Wildman–Crippen LogP) is 3.71. The molecule has 0 fully saturated rings. The van der Waals surface area contributed by atoms with Crippen LogP contribution in [0.4, 0.5) is 0 Å². The number of pyridine rings is 1. The molecular weight excluding hydrogens is 464 g/mol. The van der Waals surface area contributed by atoms with Crippen molar-refractivity contribution in [3.63, 3.8) is 0 Å². The second-order valence-corrected chi connectivity index (χ2v) is 9.06. The number of nitrogens with zero attached hydrogens (tertiary/aromatic N) is 6. The summed E-state index contributed by atoms with van der Waals surface area (Å²) in [5, 5.41) is 5.08. The van der Waals surface area contributed by atoms with Crippen LogP contribution >= 0.6 is 11.8 Å². The molecule has 5 rings (SSSR count). The summed E-state index contributed by atoms with van der Waals surface area (Å²) in [7, 11) is 0. The zero-order valence-corrected chi connectivity index (χ0v) is 20.2. The lowest BCUT2D eigenvalue weighted by molar-refractivity contribution is 0.0466. The van der Waals surface area contributed by atoms with E-state index in [9.17, 15) is 9.59 Å². The van der Waals surface area contributed by atoms with Gasteiger partial charge >= 0.3 is 5.97 Å². The quantitative estimate of drug-likeness (QED) is 0.264. The number of fused-ring (bicyclic) bond motifs is 2. The zero-order chi connectivity index (χ0) is 24.5. The smallest absolute Gasteiger partial charge is 0.338 e. The molecule has 0 atom stereocenters. The van der Waals surface area contributed by atoms with Crippen LogP contribution in [0.25, 0.3) is 11.4 Å². The van der Waals surface area contributed by atoms with Crippen LogP contribution in [0.2, 0.25) is 0 Å². The third-order valence-electron chi connectivity index (χ3n) is 5.48. The monoisotopic (exact) mass is 486 g/mol. The number of hydrogen-bond acceptors (Lipinski definition) is 8. The SMILES string of the molecule is Cc1cc(C)n2nc(SCc3ccccc3C(=O)OCc3cc(=O)n4c(C)cccc4n3)nc2n1. The number of rotatable bonds is 6. The minimum atomic E-state index is -0.483. The molecule has 35 heavy (non-hydrogen) atoms. The van der Waals surface area contributed by atoms with Gasteiger partial charge in [0.1, 0.15) is 12.3 Å². The average molecular weight is 487 g/mol. The van der Waals surface area contributed by atoms with Crippen LogP contribution in [-0.4, -0.2) is 34.9 Å². The highest BCUT2D eigenvalue weighted by Crippen LogP contribution is 2.23. The van der Waals surface area contributed by atoms with E-state index in [1.807, 2.05) is 51.1 Å². The third-order valence-corrected chi connectivity index (χ3v) is 6.36. The third kappa shape index (κ3) is 4.65. The van der Waals surface area contributed by atoms with Crippen molar-refractivity contribution in [2.75, 3.05) is 0 Å². The Morgan fingerprint density at radius 3 is 2.66 bits per heavy atom. The minimum Gasteiger partial charge on any atom is -0.456 e. The largest absolute Gasteiger partial charge is 0.456 e. The van der Waals surface area contributed by atoms with Gasteiger partial charge in [0, 0.05) is 28.9 Å². The molecule has 9 nitrogen and oxygen atoms in total. The molecule has 0 saturated heterocycles. The Morgan fingerprint density at radius 1 is 0.971 bits per heavy atom. The van der Waals surface area contributed by atoms with Gasteiger partial charge in [0.05, 0.1) is 11.3 Å². The molecule has 0 aliphatic heterocycles. The number of carbonyl (C=O) groups excluding carboxylic acids is 1. The second-order valence-electron chi connectivity index (χ2n) is 8.11. The van der Waals surface area contributed by atoms with Crippen molar-refractivity contribution in [3.05, 3.63) is 98.9 Å². The van der Waals surface area contributed by atoms with Crippen LogP contribution in [0.5, 0.6) is 0 Å². The number of benzene rings is 1. The lowest BCUT2D eigenvalue weighted by Crippen LogP contribution is -2.18. The van der Waals surface area contributed by atoms with Gasteiger partial charge in [0.15, 0.2) is 0 Å². The Morgan fingerprint density at radius 2 is 1.80 bits per heavy atom. The highest BCUT2D eigenvalue weighted by Gasteiger charge is 2.15. The Bertz CT molecular complexity index is 1640. The number of hydrogen-bond donors (Lipinski definition) is 0. The van der Waals surface area contributed by atoms with E-state index in [4.69, 9.17) is 4.74 Å². The van der Waals surface area contributed by atoms with Crippen LogP contribution in [0.1, 0.15) is 38.7 Å². The summed E-state index contributed by atoms with van der Waals surface area (Å²) in [4.78, 5) is 38.7. The van der Waals surface area contributed by atoms with Crippen LogP contribution < -0.4 is 5.56 Å². The molecule has 0 bridgehead atoms. The topological polar surface area (TPSA) is 104 Å². The fraction of sp³-hybridized carbons (Fsp3) is 0.200. The number of aryl methyl sites for hydroxylation is 3. The van der Waals surface area contributed by atoms with E-state index in [1.165, 1.54) is 22.2 Å². The van der Waals surface area contributed by atoms with Gasteiger partial charge in [-0.1, -0.05) is 36.0 Å². The van der Waals surface area contributed by atoms with Crippen LogP contribution in [0.3, 0.4) is 0 Å². The van der Waals surface area contributed by atoms with Gasteiger partial charge in [0.25, 0.3) is 11.3 Å². The van der Waals surface area contributed by atoms with E-state index in [2.05, 4.69) is 20.1 Å². The van der Waals surface area contributed by atoms with E-state index in [-0.39, 0.29) is 12.2 Å². The fourth-order valence-electron chi connectivity index (χ4n) is 3.85. The van der Waals surface area contributed by atoms with Crippen molar-refractivity contribution in [3.8, 4) is 0 Å². The normalized spacial score (nSPS) is 11.3. The molecule has 0 aliphatic rings. The van der Waals surface area contributed by atoms with Crippen molar-refractivity contribution in [1.29, 1.82) is 0 Å².